The number of rotatable bonds is 15. The second-order valence-electron chi connectivity index (χ2n) is 24.0. The van der Waals surface area contributed by atoms with Crippen molar-refractivity contribution in [2.75, 3.05) is 27.3 Å². The van der Waals surface area contributed by atoms with E-state index in [4.69, 9.17) is 69.0 Å². The Morgan fingerprint density at radius 2 is 1.05 bits per heavy atom. The van der Waals surface area contributed by atoms with Crippen molar-refractivity contribution in [3.63, 3.8) is 0 Å². The molecular weight excluding hydrogens is 1330 g/mol. The Bertz CT molecular complexity index is 4800. The average Bonchev–Trinajstić information content (AvgIpc) is 1.61. The summed E-state index contributed by atoms with van der Waals surface area (Å²) < 4.78 is 18.2. The van der Waals surface area contributed by atoms with E-state index in [1.807, 2.05) is 53.4 Å². The average molecular weight is 1410 g/mol. The van der Waals surface area contributed by atoms with Gasteiger partial charge in [0, 0.05) is 126 Å². The molecule has 10 heterocycles. The Kier molecular flexibility index (Phi) is 25.9. The first-order chi connectivity index (χ1) is 48.0. The summed E-state index contributed by atoms with van der Waals surface area (Å²) in [6.07, 6.45) is 37.5. The third-order valence-corrected chi connectivity index (χ3v) is 16.4. The molecule has 0 radical (unpaired) electrons. The molecule has 2 N–H and O–H groups in total. The first-order valence-corrected chi connectivity index (χ1v) is 32.5. The number of allylic oxidation sites excluding steroid dienone is 11. The minimum atomic E-state index is -1.08. The summed E-state index contributed by atoms with van der Waals surface area (Å²) in [6, 6.07) is 29.3. The molecule has 5 aromatic heterocycles. The van der Waals surface area contributed by atoms with Crippen LogP contribution in [0.3, 0.4) is 0 Å². The van der Waals surface area contributed by atoms with Gasteiger partial charge in [-0.05, 0) is 190 Å². The number of H-pyrrole nitrogens is 1. The van der Waals surface area contributed by atoms with Gasteiger partial charge in [-0.15, -0.1) is 11.4 Å². The van der Waals surface area contributed by atoms with Crippen LogP contribution in [-0.4, -0.2) is 84.1 Å². The summed E-state index contributed by atoms with van der Waals surface area (Å²) in [6.45, 7) is 10.2. The summed E-state index contributed by atoms with van der Waals surface area (Å²) in [4.78, 5) is 75.9. The molecule has 0 aliphatic carbocycles. The number of aryl methyl sites for hydroxylation is 5. The number of amides is 1. The Hall–Kier alpha value is -11.5. The van der Waals surface area contributed by atoms with Gasteiger partial charge < -0.3 is 69.3 Å². The van der Waals surface area contributed by atoms with Crippen molar-refractivity contribution in [1.29, 1.82) is 0 Å². The number of aromatic nitrogens is 5. The fourth-order valence-electron chi connectivity index (χ4n) is 11.9. The molecule has 8 bridgehead atoms. The number of carbonyl (C=O) groups is 5. The van der Waals surface area contributed by atoms with Crippen molar-refractivity contribution in [2.24, 2.45) is 29.1 Å². The number of aliphatic carboxylic acids is 4. The smallest absolute Gasteiger partial charge is 0.657 e. The van der Waals surface area contributed by atoms with Crippen molar-refractivity contribution in [1.82, 2.24) is 20.2 Å². The molecule has 8 aromatic rings. The Morgan fingerprint density at radius 1 is 0.554 bits per heavy atom. The van der Waals surface area contributed by atoms with Gasteiger partial charge in [0.25, 0.3) is 0 Å². The molecule has 1 amide bonds. The molecular formula is C79H78N10O11Zn. The number of carboxylic acid groups (broad SMARTS) is 4. The molecule has 512 valence electrons. The first-order valence-electron chi connectivity index (χ1n) is 32.5. The molecule has 3 aromatic carbocycles. The van der Waals surface area contributed by atoms with Crippen LogP contribution in [0.2, 0.25) is 0 Å². The number of hydrogen-bond acceptors (Lipinski definition) is 15. The molecule has 22 heteroatoms. The first kappa shape index (κ1) is 75.3. The van der Waals surface area contributed by atoms with Gasteiger partial charge in [-0.25, -0.2) is 28.7 Å². The molecule has 0 atom stereocenters. The zero-order chi connectivity index (χ0) is 71.7. The third kappa shape index (κ3) is 19.4. The van der Waals surface area contributed by atoms with E-state index in [0.717, 1.165) is 161 Å². The summed E-state index contributed by atoms with van der Waals surface area (Å²) in [5, 5.41) is 43.6. The minimum Gasteiger partial charge on any atom is -0.657 e. The summed E-state index contributed by atoms with van der Waals surface area (Å²) >= 11 is 0. The van der Waals surface area contributed by atoms with Gasteiger partial charge in [-0.2, -0.15) is 0 Å². The molecule has 5 aliphatic heterocycles. The molecule has 0 fully saturated rings. The van der Waals surface area contributed by atoms with Gasteiger partial charge >= 0.3 is 19.5 Å². The second-order valence-corrected chi connectivity index (χ2v) is 24.0. The van der Waals surface area contributed by atoms with Crippen molar-refractivity contribution < 1.29 is 87.1 Å². The zero-order valence-electron chi connectivity index (χ0n) is 58.3. The van der Waals surface area contributed by atoms with E-state index < -0.39 is 23.9 Å². The maximum atomic E-state index is 12.9. The van der Waals surface area contributed by atoms with Crippen LogP contribution in [0.15, 0.2) is 226 Å². The van der Waals surface area contributed by atoms with Gasteiger partial charge in [-0.1, -0.05) is 24.3 Å². The molecule has 0 spiro atoms. The third-order valence-electron chi connectivity index (χ3n) is 16.4. The van der Waals surface area contributed by atoms with Crippen LogP contribution in [0.25, 0.3) is 49.3 Å². The largest absolute Gasteiger partial charge is 2.00 e. The van der Waals surface area contributed by atoms with Crippen LogP contribution in [0.1, 0.15) is 99.0 Å². The monoisotopic (exact) mass is 1410 g/mol. The number of nitrogens with one attached hydrogen (secondary N) is 2. The minimum absolute atomic E-state index is 0. The number of unbranched alkanes of at least 4 members (excludes halogenated alkanes) is 2. The van der Waals surface area contributed by atoms with E-state index in [1.54, 1.807) is 7.11 Å². The molecule has 13 rings (SSSR count). The van der Waals surface area contributed by atoms with Crippen molar-refractivity contribution in [2.45, 2.75) is 80.2 Å². The Balaban J connectivity index is 0.000000692. The number of aliphatic imine (C=N–C) groups is 3. The van der Waals surface area contributed by atoms with Crippen LogP contribution in [0.5, 0.6) is 11.5 Å². The van der Waals surface area contributed by atoms with Crippen molar-refractivity contribution >= 4 is 96.2 Å². The zero-order valence-corrected chi connectivity index (χ0v) is 61.2. The number of benzene rings is 3. The number of nitrogens with zero attached hydrogens (tertiary/aromatic N) is 8. The predicted octanol–water partition coefficient (Wildman–Crippen LogP) is 6.41. The maximum absolute atomic E-state index is 12.9. The number of fused-ring (bicyclic) bond motifs is 9. The number of hydrogen-bond donors (Lipinski definition) is 2. The topological polar surface area (TPSA) is 290 Å². The van der Waals surface area contributed by atoms with Crippen LogP contribution in [0, 0.1) is 13.8 Å². The van der Waals surface area contributed by atoms with E-state index in [-0.39, 0.29) is 25.4 Å². The summed E-state index contributed by atoms with van der Waals surface area (Å²) in [5.41, 5.74) is 18.9. The van der Waals surface area contributed by atoms with Gasteiger partial charge in [0.15, 0.2) is 37.2 Å². The number of methoxy groups -OCH3 is 1. The van der Waals surface area contributed by atoms with Crippen molar-refractivity contribution in [3.05, 3.63) is 251 Å². The standard InChI is InChI=1S/C71H64N10O3.4C2H4O2.Zn/c1-45-55-44-81(41-32-53(55)46(2)71-66(45)54-43-52(83-6)16-17-56(54)77-71)34-9-7-8-11-65(82)72-33-10-42-84-51-14-12-47(13-15-51)67-57-18-20-59(73-57)68(48-26-35-78(3)36-27-48)61-22-24-63(75-61)70(50-30-39-80(5)40-31-50)64-25-23-62(76-64)69(60-21-19-58(67)74-60)49-28-37-79(4)38-29-49;4*1-2(3)4;/h12-32,35-41,43-44H,7-11,33-34,42H2,1-6H3;4*1H3,(H,3,4);/q;;;;;+2/p-2. The van der Waals surface area contributed by atoms with E-state index in [2.05, 4.69) is 194 Å². The quantitative estimate of drug-likeness (QED) is 0.0638. The predicted molar refractivity (Wildman–Crippen MR) is 377 cm³/mol. The maximum Gasteiger partial charge on any atom is 2.00 e. The van der Waals surface area contributed by atoms with E-state index >= 15 is 0 Å². The van der Waals surface area contributed by atoms with E-state index in [1.165, 1.54) is 38.2 Å². The Morgan fingerprint density at radius 3 is 1.57 bits per heavy atom. The number of aromatic amines is 1. The molecule has 0 saturated carbocycles. The number of pyridine rings is 3. The molecule has 0 unspecified atom stereocenters. The number of carboxylic acids is 4. The number of carbonyl (C=O) groups excluding carboxylic acids is 5. The van der Waals surface area contributed by atoms with Crippen LogP contribution < -0.4 is 53.9 Å². The molecule has 21 nitrogen and oxygen atoms in total. The molecule has 5 aliphatic rings. The summed E-state index contributed by atoms with van der Waals surface area (Å²) in [5.74, 6) is -2.66. The van der Waals surface area contributed by atoms with Crippen LogP contribution >= 0.6 is 0 Å². The van der Waals surface area contributed by atoms with Gasteiger partial charge in [0.1, 0.15) is 32.1 Å². The van der Waals surface area contributed by atoms with Crippen LogP contribution in [-0.2, 0) is 64.1 Å². The van der Waals surface area contributed by atoms with Gasteiger partial charge in [-0.3, -0.25) is 4.79 Å². The van der Waals surface area contributed by atoms with Gasteiger partial charge in [0.2, 0.25) is 5.91 Å². The van der Waals surface area contributed by atoms with E-state index in [0.29, 0.717) is 26.0 Å². The SMILES string of the molecule is CC(=O)[O-].CC(=O)[O-].CC(=O)[O-].CC(=O)[O-].COc1ccc2[nH]c3c(C)c4cc[n+](CCCCCC(=O)NCCCOc5ccc(C6=C7C=CC(=N7)C(=C7C=CN(C)C=C7)C7=NC(=C(c8cc[n+](C)cc8)c8ccc([n-]8)C(c8cc[n+](C)cc8)=C8C=CC6=N8)C=C7)cc5)cc4c(C)c3c2c1.[Zn+2]. The second kappa shape index (κ2) is 34.8. The normalized spacial score (nSPS) is 13.8. The van der Waals surface area contributed by atoms with Crippen LogP contribution in [0.4, 0.5) is 0 Å². The fraction of sp³-hybridized carbons (Fsp3) is 0.228. The van der Waals surface area contributed by atoms with E-state index in [9.17, 15) is 4.79 Å². The van der Waals surface area contributed by atoms with Gasteiger partial charge in [0.05, 0.1) is 53.5 Å². The summed E-state index contributed by atoms with van der Waals surface area (Å²) in [7, 11) is 7.77. The van der Waals surface area contributed by atoms with Crippen molar-refractivity contribution in [3.8, 4) is 11.5 Å². The molecule has 101 heavy (non-hydrogen) atoms. The fourth-order valence-corrected chi connectivity index (χ4v) is 11.9. The Labute approximate surface area is 598 Å². The number of ether oxygens (including phenoxy) is 2. The molecule has 0 saturated heterocycles.